The van der Waals surface area contributed by atoms with Gasteiger partial charge in [0.25, 0.3) is 0 Å². The van der Waals surface area contributed by atoms with Crippen molar-refractivity contribution in [2.24, 2.45) is 0 Å². The Hall–Kier alpha value is -0.210. The molecule has 0 saturated carbocycles. The third-order valence-corrected chi connectivity index (χ3v) is 2.64. The minimum absolute atomic E-state index is 0.577. The number of unbranched alkanes of at least 4 members (excludes halogenated alkanes) is 3. The molecular weight excluding hydrogens is 223 g/mol. The summed E-state index contributed by atoms with van der Waals surface area (Å²) in [5.41, 5.74) is 0. The van der Waals surface area contributed by atoms with Gasteiger partial charge in [-0.2, -0.15) is 0 Å². The van der Waals surface area contributed by atoms with E-state index in [1.54, 1.807) is 0 Å². The highest BCUT2D eigenvalue weighted by molar-refractivity contribution is 6.59. The van der Waals surface area contributed by atoms with E-state index < -0.39 is 10.3 Å². The molecule has 0 fully saturated rings. The lowest BCUT2D eigenvalue weighted by atomic mass is 10.1. The van der Waals surface area contributed by atoms with Crippen molar-refractivity contribution in [3.05, 3.63) is 11.8 Å². The number of ether oxygens (including phenoxy) is 1. The minimum atomic E-state index is -1.46. The van der Waals surface area contributed by atoms with E-state index in [2.05, 4.69) is 6.92 Å². The summed E-state index contributed by atoms with van der Waals surface area (Å²) < 4.78 is 3.46. The van der Waals surface area contributed by atoms with E-state index in [1.165, 1.54) is 18.9 Å². The van der Waals surface area contributed by atoms with Gasteiger partial charge in [-0.1, -0.05) is 49.4 Å². The summed E-state index contributed by atoms with van der Waals surface area (Å²) in [6, 6.07) is 0. The monoisotopic (exact) mass is 236 g/mol. The van der Waals surface area contributed by atoms with Gasteiger partial charge in [-0.15, -0.1) is 0 Å². The summed E-state index contributed by atoms with van der Waals surface area (Å²) in [6.07, 6.45) is 6.78. The molecular formula is C10H14Cl2O2. The molecule has 1 heterocycles. The maximum absolute atomic E-state index is 11.1. The normalized spacial score (nSPS) is 19.4. The molecule has 1 aliphatic rings. The van der Waals surface area contributed by atoms with Gasteiger partial charge in [-0.3, -0.25) is 0 Å². The smallest absolute Gasteiger partial charge is 0.351 e. The molecule has 0 N–H and O–H groups in total. The molecule has 80 valence electrons. The number of rotatable bonds is 5. The van der Waals surface area contributed by atoms with Gasteiger partial charge in [0.2, 0.25) is 4.33 Å². The lowest BCUT2D eigenvalue weighted by molar-refractivity contribution is -0.137. The van der Waals surface area contributed by atoms with E-state index in [9.17, 15) is 4.79 Å². The number of hydrogen-bond acceptors (Lipinski definition) is 2. The summed E-state index contributed by atoms with van der Waals surface area (Å²) >= 11 is 11.3. The Morgan fingerprint density at radius 1 is 1.36 bits per heavy atom. The highest BCUT2D eigenvalue weighted by Crippen LogP contribution is 2.34. The van der Waals surface area contributed by atoms with E-state index in [1.807, 2.05) is 0 Å². The van der Waals surface area contributed by atoms with E-state index in [-0.39, 0.29) is 0 Å². The van der Waals surface area contributed by atoms with Crippen LogP contribution in [0.15, 0.2) is 11.8 Å². The Bertz CT molecular complexity index is 247. The van der Waals surface area contributed by atoms with Gasteiger partial charge in [0.05, 0.1) is 0 Å². The van der Waals surface area contributed by atoms with E-state index in [4.69, 9.17) is 27.9 Å². The van der Waals surface area contributed by atoms with Gasteiger partial charge >= 0.3 is 5.97 Å². The zero-order valence-corrected chi connectivity index (χ0v) is 9.70. The first-order valence-electron chi connectivity index (χ1n) is 4.88. The summed E-state index contributed by atoms with van der Waals surface area (Å²) in [7, 11) is 0. The van der Waals surface area contributed by atoms with Gasteiger partial charge in [-0.25, -0.2) is 4.79 Å². The fraction of sp³-hybridized carbons (Fsp3) is 0.700. The predicted molar refractivity (Wildman–Crippen MR) is 57.4 cm³/mol. The predicted octanol–water partition coefficient (Wildman–Crippen LogP) is 3.57. The van der Waals surface area contributed by atoms with E-state index >= 15 is 0 Å². The molecule has 1 rings (SSSR count). The lowest BCUT2D eigenvalue weighted by Crippen LogP contribution is -2.18. The summed E-state index contributed by atoms with van der Waals surface area (Å²) in [5.74, 6) is 0.0300. The molecule has 0 spiro atoms. The molecule has 0 bridgehead atoms. The van der Waals surface area contributed by atoms with Gasteiger partial charge in [0, 0.05) is 12.5 Å². The SMILES string of the molecule is CCCCCCC1=CC(Cl)(Cl)C(=O)O1. The number of cyclic esters (lactones) is 1. The van der Waals surface area contributed by atoms with Crippen LogP contribution in [0.4, 0.5) is 0 Å². The van der Waals surface area contributed by atoms with Crippen LogP contribution in [-0.2, 0) is 9.53 Å². The van der Waals surface area contributed by atoms with Crippen LogP contribution in [0.5, 0.6) is 0 Å². The Kier molecular flexibility index (Phi) is 4.27. The fourth-order valence-corrected chi connectivity index (χ4v) is 1.65. The van der Waals surface area contributed by atoms with Crippen LogP contribution >= 0.6 is 23.2 Å². The average Bonchev–Trinajstić information content (AvgIpc) is 2.35. The molecule has 2 nitrogen and oxygen atoms in total. The van der Waals surface area contributed by atoms with Gasteiger partial charge in [0.15, 0.2) is 0 Å². The van der Waals surface area contributed by atoms with Crippen molar-refractivity contribution in [2.75, 3.05) is 0 Å². The van der Waals surface area contributed by atoms with Crippen molar-refractivity contribution >= 4 is 29.2 Å². The Morgan fingerprint density at radius 2 is 2.07 bits per heavy atom. The van der Waals surface area contributed by atoms with Crippen molar-refractivity contribution in [1.82, 2.24) is 0 Å². The summed E-state index contributed by atoms with van der Waals surface area (Å²) in [4.78, 5) is 11.1. The third-order valence-electron chi connectivity index (χ3n) is 2.11. The Balaban J connectivity index is 2.30. The second-order valence-electron chi connectivity index (χ2n) is 3.43. The number of allylic oxidation sites excluding steroid dienone is 1. The van der Waals surface area contributed by atoms with Crippen molar-refractivity contribution in [3.8, 4) is 0 Å². The molecule has 0 aromatic heterocycles. The molecule has 0 unspecified atom stereocenters. The molecule has 0 aromatic carbocycles. The maximum Gasteiger partial charge on any atom is 0.351 e. The highest BCUT2D eigenvalue weighted by atomic mass is 35.5. The number of carbonyl (C=O) groups excluding carboxylic acids is 1. The number of carbonyl (C=O) groups is 1. The van der Waals surface area contributed by atoms with Crippen LogP contribution in [0.2, 0.25) is 0 Å². The average molecular weight is 237 g/mol. The van der Waals surface area contributed by atoms with Gasteiger partial charge in [-0.05, 0) is 6.42 Å². The van der Waals surface area contributed by atoms with Crippen LogP contribution in [0.1, 0.15) is 39.0 Å². The lowest BCUT2D eigenvalue weighted by Gasteiger charge is -2.02. The van der Waals surface area contributed by atoms with E-state index in [0.29, 0.717) is 5.76 Å². The van der Waals surface area contributed by atoms with Crippen molar-refractivity contribution < 1.29 is 9.53 Å². The summed E-state index contributed by atoms with van der Waals surface area (Å²) in [5, 5.41) is 0. The largest absolute Gasteiger partial charge is 0.429 e. The van der Waals surface area contributed by atoms with Gasteiger partial charge in [0.1, 0.15) is 5.76 Å². The van der Waals surface area contributed by atoms with Crippen LogP contribution < -0.4 is 0 Å². The molecule has 0 amide bonds. The Morgan fingerprint density at radius 3 is 2.57 bits per heavy atom. The van der Waals surface area contributed by atoms with Gasteiger partial charge < -0.3 is 4.74 Å². The molecule has 0 radical (unpaired) electrons. The number of hydrogen-bond donors (Lipinski definition) is 0. The number of alkyl halides is 2. The molecule has 0 saturated heterocycles. The topological polar surface area (TPSA) is 26.3 Å². The summed E-state index contributed by atoms with van der Waals surface area (Å²) in [6.45, 7) is 2.15. The van der Waals surface area contributed by atoms with E-state index in [0.717, 1.165) is 19.3 Å². The van der Waals surface area contributed by atoms with Crippen LogP contribution in [0, 0.1) is 0 Å². The van der Waals surface area contributed by atoms with Crippen LogP contribution in [-0.4, -0.2) is 10.3 Å². The quantitative estimate of drug-likeness (QED) is 0.415. The first-order valence-corrected chi connectivity index (χ1v) is 5.63. The zero-order valence-electron chi connectivity index (χ0n) is 8.19. The molecule has 4 heteroatoms. The van der Waals surface area contributed by atoms with Crippen LogP contribution in [0.3, 0.4) is 0 Å². The maximum atomic E-state index is 11.1. The zero-order chi connectivity index (χ0) is 10.6. The fourth-order valence-electron chi connectivity index (χ4n) is 1.33. The molecule has 1 aliphatic heterocycles. The first-order chi connectivity index (χ1) is 6.56. The van der Waals surface area contributed by atoms with Crippen molar-refractivity contribution in [1.29, 1.82) is 0 Å². The number of esters is 1. The second kappa shape index (κ2) is 5.04. The second-order valence-corrected chi connectivity index (χ2v) is 4.82. The van der Waals surface area contributed by atoms with Crippen LogP contribution in [0.25, 0.3) is 0 Å². The standard InChI is InChI=1S/C10H14Cl2O2/c1-2-3-4-5-6-8-7-10(11,12)9(13)14-8/h7H,2-6H2,1H3. The van der Waals surface area contributed by atoms with Crippen molar-refractivity contribution in [3.63, 3.8) is 0 Å². The first kappa shape index (κ1) is 11.9. The third kappa shape index (κ3) is 3.18. The molecule has 14 heavy (non-hydrogen) atoms. The molecule has 0 atom stereocenters. The molecule has 0 aromatic rings. The van der Waals surface area contributed by atoms with Crippen molar-refractivity contribution in [2.45, 2.75) is 43.4 Å². The Labute approximate surface area is 94.2 Å². The highest BCUT2D eigenvalue weighted by Gasteiger charge is 2.40. The molecule has 0 aliphatic carbocycles. The minimum Gasteiger partial charge on any atom is -0.429 e. The number of halogens is 2.